The third-order valence-corrected chi connectivity index (χ3v) is 9.01. The minimum Gasteiger partial charge on any atom is -0.465 e. The van der Waals surface area contributed by atoms with Gasteiger partial charge in [-0.1, -0.05) is 65.4 Å². The molecule has 0 saturated heterocycles. The number of hydrogen-bond donors (Lipinski definition) is 0. The highest BCUT2D eigenvalue weighted by molar-refractivity contribution is 7.17. The zero-order valence-corrected chi connectivity index (χ0v) is 23.8. The van der Waals surface area contributed by atoms with Crippen LogP contribution in [-0.4, -0.2) is 29.9 Å². The summed E-state index contributed by atoms with van der Waals surface area (Å²) >= 11 is 7.01. The first kappa shape index (κ1) is 26.1. The fourth-order valence-corrected chi connectivity index (χ4v) is 6.96. The number of methoxy groups -OCH3 is 1. The van der Waals surface area contributed by atoms with E-state index in [0.717, 1.165) is 16.9 Å². The summed E-state index contributed by atoms with van der Waals surface area (Å²) in [5, 5.41) is 0.844. The lowest BCUT2D eigenvalue weighted by molar-refractivity contribution is -0.121. The molecule has 2 amide bonds. The Morgan fingerprint density at radius 1 is 1.02 bits per heavy atom. The van der Waals surface area contributed by atoms with Crippen LogP contribution in [0.25, 0.3) is 11.0 Å². The summed E-state index contributed by atoms with van der Waals surface area (Å²) in [6, 6.07) is 20.7. The number of fused-ring (bicyclic) bond motifs is 5. The Morgan fingerprint density at radius 2 is 1.74 bits per heavy atom. The maximum Gasteiger partial charge on any atom is 0.350 e. The third-order valence-electron chi connectivity index (χ3n) is 7.63. The maximum atomic E-state index is 14.9. The van der Waals surface area contributed by atoms with E-state index in [2.05, 4.69) is 4.98 Å². The molecule has 2 aromatic heterocycles. The number of carbonyl (C=O) groups excluding carboxylic acids is 3. The summed E-state index contributed by atoms with van der Waals surface area (Å²) in [6.07, 6.45) is 0. The number of aromatic nitrogens is 1. The minimum atomic E-state index is -1.93. The SMILES string of the molecule is COC(=O)c1sc(N2C(=O)c3oc4ccccc4c(=O)c3C23C(=O)N(Cc2ccc(Cl)cc2)c2ccccc23)nc1C. The summed E-state index contributed by atoms with van der Waals surface area (Å²) in [5.41, 5.74) is -0.244. The highest BCUT2D eigenvalue weighted by Gasteiger charge is 2.66. The van der Waals surface area contributed by atoms with E-state index in [1.807, 2.05) is 12.1 Å². The van der Waals surface area contributed by atoms with Crippen molar-refractivity contribution in [1.82, 2.24) is 4.98 Å². The lowest BCUT2D eigenvalue weighted by atomic mass is 9.84. The number of esters is 1. The summed E-state index contributed by atoms with van der Waals surface area (Å²) in [6.45, 7) is 1.76. The number of halogens is 1. The molecule has 208 valence electrons. The smallest absolute Gasteiger partial charge is 0.350 e. The van der Waals surface area contributed by atoms with Gasteiger partial charge in [-0.3, -0.25) is 19.3 Å². The van der Waals surface area contributed by atoms with E-state index in [0.29, 0.717) is 22.0 Å². The standard InChI is InChI=1S/C31H20ClN3O6S/c1-16-26(28(38)40-2)42-30(33-16)35-27(37)25-23(24(36)19-7-3-6-10-22(19)41-25)31(35)20-8-4-5-9-21(20)34(29(31)39)15-17-11-13-18(32)14-12-17/h3-14H,15H2,1-2H3. The second kappa shape index (κ2) is 9.37. The van der Waals surface area contributed by atoms with Crippen molar-refractivity contribution in [2.45, 2.75) is 19.0 Å². The van der Waals surface area contributed by atoms with Crippen molar-refractivity contribution < 1.29 is 23.5 Å². The number of hydrogen-bond acceptors (Lipinski definition) is 8. The normalized spacial score (nSPS) is 17.3. The Hall–Kier alpha value is -4.80. The lowest BCUT2D eigenvalue weighted by Gasteiger charge is -2.32. The van der Waals surface area contributed by atoms with Gasteiger partial charge in [0, 0.05) is 10.6 Å². The largest absolute Gasteiger partial charge is 0.465 e. The monoisotopic (exact) mass is 597 g/mol. The molecule has 1 unspecified atom stereocenters. The zero-order chi connectivity index (χ0) is 29.3. The first-order valence-corrected chi connectivity index (χ1v) is 14.1. The molecule has 0 N–H and O–H groups in total. The second-order valence-corrected chi connectivity index (χ2v) is 11.3. The fourth-order valence-electron chi connectivity index (χ4n) is 5.80. The quantitative estimate of drug-likeness (QED) is 0.253. The van der Waals surface area contributed by atoms with Crippen molar-refractivity contribution in [3.05, 3.63) is 121 Å². The van der Waals surface area contributed by atoms with Crippen LogP contribution in [0.3, 0.4) is 0 Å². The molecule has 4 heterocycles. The lowest BCUT2D eigenvalue weighted by Crippen LogP contribution is -2.53. The van der Waals surface area contributed by atoms with Gasteiger partial charge in [0.05, 0.1) is 36.0 Å². The van der Waals surface area contributed by atoms with E-state index in [-0.39, 0.29) is 38.8 Å². The van der Waals surface area contributed by atoms with Crippen LogP contribution >= 0.6 is 22.9 Å². The molecule has 5 aromatic rings. The number of anilines is 2. The van der Waals surface area contributed by atoms with Gasteiger partial charge < -0.3 is 14.1 Å². The van der Waals surface area contributed by atoms with E-state index in [1.54, 1.807) is 72.5 Å². The molecular weight excluding hydrogens is 578 g/mol. The fraction of sp³-hybridized carbons (Fsp3) is 0.129. The van der Waals surface area contributed by atoms with Crippen molar-refractivity contribution in [3.63, 3.8) is 0 Å². The second-order valence-electron chi connectivity index (χ2n) is 9.92. The average Bonchev–Trinajstić information content (AvgIpc) is 3.59. The topological polar surface area (TPSA) is 110 Å². The van der Waals surface area contributed by atoms with Gasteiger partial charge in [-0.2, -0.15) is 0 Å². The van der Waals surface area contributed by atoms with Crippen molar-refractivity contribution in [3.8, 4) is 0 Å². The molecule has 9 nitrogen and oxygen atoms in total. The van der Waals surface area contributed by atoms with Crippen LogP contribution in [0.15, 0.2) is 82.0 Å². The van der Waals surface area contributed by atoms with Gasteiger partial charge in [0.15, 0.2) is 16.1 Å². The molecule has 0 bridgehead atoms. The van der Waals surface area contributed by atoms with Crippen LogP contribution in [0.1, 0.15) is 42.6 Å². The minimum absolute atomic E-state index is 0.0595. The Morgan fingerprint density at radius 3 is 2.50 bits per heavy atom. The number of nitrogens with zero attached hydrogens (tertiary/aromatic N) is 3. The molecule has 2 aliphatic rings. The van der Waals surface area contributed by atoms with Gasteiger partial charge in [-0.25, -0.2) is 9.78 Å². The van der Waals surface area contributed by atoms with Gasteiger partial charge in [0.2, 0.25) is 5.76 Å². The van der Waals surface area contributed by atoms with E-state index in [9.17, 15) is 19.2 Å². The highest BCUT2D eigenvalue weighted by atomic mass is 35.5. The Labute approximate surface area is 247 Å². The molecule has 0 saturated carbocycles. The summed E-state index contributed by atoms with van der Waals surface area (Å²) in [4.78, 5) is 63.5. The number of amides is 2. The number of carbonyl (C=O) groups is 3. The average molecular weight is 598 g/mol. The first-order chi connectivity index (χ1) is 20.3. The van der Waals surface area contributed by atoms with Crippen molar-refractivity contribution in [1.29, 1.82) is 0 Å². The molecule has 3 aromatic carbocycles. The molecule has 0 fully saturated rings. The molecule has 0 radical (unpaired) electrons. The van der Waals surface area contributed by atoms with Crippen LogP contribution in [-0.2, 0) is 21.6 Å². The molecule has 42 heavy (non-hydrogen) atoms. The Balaban J connectivity index is 1.54. The van der Waals surface area contributed by atoms with Crippen LogP contribution < -0.4 is 15.2 Å². The molecule has 1 spiro atoms. The number of thiazole rings is 1. The molecule has 2 aliphatic heterocycles. The van der Waals surface area contributed by atoms with E-state index in [1.165, 1.54) is 12.0 Å². The van der Waals surface area contributed by atoms with Gasteiger partial charge in [0.1, 0.15) is 10.5 Å². The molecule has 7 rings (SSSR count). The van der Waals surface area contributed by atoms with Crippen molar-refractivity contribution >= 4 is 62.5 Å². The van der Waals surface area contributed by atoms with Crippen LogP contribution in [0.4, 0.5) is 10.8 Å². The van der Waals surface area contributed by atoms with Gasteiger partial charge in [0.25, 0.3) is 11.8 Å². The van der Waals surface area contributed by atoms with Crippen LogP contribution in [0, 0.1) is 6.92 Å². The third kappa shape index (κ3) is 3.45. The first-order valence-electron chi connectivity index (χ1n) is 12.9. The Bertz CT molecular complexity index is 2040. The maximum absolute atomic E-state index is 14.9. The molecule has 11 heteroatoms. The number of ether oxygens (including phenoxy) is 1. The predicted octanol–water partition coefficient (Wildman–Crippen LogP) is 5.45. The van der Waals surface area contributed by atoms with Gasteiger partial charge in [-0.05, 0) is 42.8 Å². The molecular formula is C31H20ClN3O6S. The number of para-hydroxylation sites is 2. The van der Waals surface area contributed by atoms with Crippen LogP contribution in [0.5, 0.6) is 0 Å². The number of aryl methyl sites for hydroxylation is 1. The molecule has 1 atom stereocenters. The Kier molecular flexibility index (Phi) is 5.83. The van der Waals surface area contributed by atoms with Gasteiger partial charge in [-0.15, -0.1) is 0 Å². The summed E-state index contributed by atoms with van der Waals surface area (Å²) in [7, 11) is 1.25. The predicted molar refractivity (Wildman–Crippen MR) is 157 cm³/mol. The summed E-state index contributed by atoms with van der Waals surface area (Å²) in [5.74, 6) is -2.12. The van der Waals surface area contributed by atoms with E-state index < -0.39 is 28.8 Å². The van der Waals surface area contributed by atoms with E-state index in [4.69, 9.17) is 20.8 Å². The van der Waals surface area contributed by atoms with Crippen molar-refractivity contribution in [2.75, 3.05) is 16.9 Å². The van der Waals surface area contributed by atoms with Crippen molar-refractivity contribution in [2.24, 2.45) is 0 Å². The highest BCUT2D eigenvalue weighted by Crippen LogP contribution is 2.55. The molecule has 0 aliphatic carbocycles. The number of benzene rings is 3. The number of rotatable bonds is 4. The summed E-state index contributed by atoms with van der Waals surface area (Å²) < 4.78 is 11.0. The van der Waals surface area contributed by atoms with Gasteiger partial charge >= 0.3 is 5.97 Å². The zero-order valence-electron chi connectivity index (χ0n) is 22.2. The van der Waals surface area contributed by atoms with Crippen LogP contribution in [0.2, 0.25) is 5.02 Å². The van der Waals surface area contributed by atoms with E-state index >= 15 is 0 Å².